The molecule has 0 aliphatic carbocycles. The molecule has 0 aliphatic heterocycles. The van der Waals surface area contributed by atoms with Crippen LogP contribution in [-0.2, 0) is 6.54 Å². The maximum absolute atomic E-state index is 11.4. The second-order valence-corrected chi connectivity index (χ2v) is 5.54. The van der Waals surface area contributed by atoms with Crippen LogP contribution in [0, 0.1) is 0 Å². The quantitative estimate of drug-likeness (QED) is 0.732. The van der Waals surface area contributed by atoms with Gasteiger partial charge in [0, 0.05) is 18.4 Å². The van der Waals surface area contributed by atoms with E-state index in [1.165, 1.54) is 0 Å². The van der Waals surface area contributed by atoms with E-state index in [0.717, 1.165) is 0 Å². The Morgan fingerprint density at radius 3 is 2.68 bits per heavy atom. The SMILES string of the molecule is CCn1cc(NC(=S)Nc2ccc(Cl)c(Cl)c2)c(C(N)=O)n1. The molecule has 0 atom stereocenters. The van der Waals surface area contributed by atoms with E-state index >= 15 is 0 Å². The number of rotatable bonds is 4. The summed E-state index contributed by atoms with van der Waals surface area (Å²) < 4.78 is 1.59. The number of aromatic nitrogens is 2. The van der Waals surface area contributed by atoms with E-state index in [1.54, 1.807) is 29.1 Å². The Kier molecular flexibility index (Phi) is 5.23. The normalized spacial score (nSPS) is 10.3. The Labute approximate surface area is 142 Å². The molecule has 2 rings (SSSR count). The number of carbonyl (C=O) groups excluding carboxylic acids is 1. The van der Waals surface area contributed by atoms with Crippen molar-refractivity contribution in [1.29, 1.82) is 0 Å². The number of carbonyl (C=O) groups is 1. The summed E-state index contributed by atoms with van der Waals surface area (Å²) in [5.74, 6) is -0.632. The van der Waals surface area contributed by atoms with Gasteiger partial charge < -0.3 is 16.4 Å². The van der Waals surface area contributed by atoms with E-state index in [9.17, 15) is 4.79 Å². The van der Waals surface area contributed by atoms with Gasteiger partial charge in [0.1, 0.15) is 0 Å². The molecule has 1 heterocycles. The number of benzene rings is 1. The van der Waals surface area contributed by atoms with Crippen LogP contribution in [0.1, 0.15) is 17.4 Å². The number of aryl methyl sites for hydroxylation is 1. The summed E-state index contributed by atoms with van der Waals surface area (Å²) >= 11 is 17.0. The van der Waals surface area contributed by atoms with E-state index in [4.69, 9.17) is 41.2 Å². The molecule has 0 unspecified atom stereocenters. The van der Waals surface area contributed by atoms with Gasteiger partial charge in [0.25, 0.3) is 5.91 Å². The maximum atomic E-state index is 11.4. The molecule has 0 bridgehead atoms. The molecule has 6 nitrogen and oxygen atoms in total. The van der Waals surface area contributed by atoms with Gasteiger partial charge in [-0.05, 0) is 37.3 Å². The third-order valence-corrected chi connectivity index (χ3v) is 3.69. The van der Waals surface area contributed by atoms with Crippen molar-refractivity contribution in [3.63, 3.8) is 0 Å². The van der Waals surface area contributed by atoms with Crippen LogP contribution in [0.25, 0.3) is 0 Å². The smallest absolute Gasteiger partial charge is 0.271 e. The Morgan fingerprint density at radius 1 is 1.36 bits per heavy atom. The van der Waals surface area contributed by atoms with Crippen molar-refractivity contribution >= 4 is 57.8 Å². The zero-order chi connectivity index (χ0) is 16.3. The lowest BCUT2D eigenvalue weighted by molar-refractivity contribution is 0.0995. The molecule has 0 spiro atoms. The molecule has 0 fully saturated rings. The largest absolute Gasteiger partial charge is 0.364 e. The van der Waals surface area contributed by atoms with Crippen LogP contribution in [0.2, 0.25) is 10.0 Å². The first kappa shape index (κ1) is 16.5. The standard InChI is InChI=1S/C13H13Cl2N5OS/c1-2-20-6-10(11(19-20)12(16)21)18-13(22)17-7-3-4-8(14)9(15)5-7/h3-6H,2H2,1H3,(H2,16,21)(H2,17,18,22). The summed E-state index contributed by atoms with van der Waals surface area (Å²) in [4.78, 5) is 11.4. The first-order chi connectivity index (χ1) is 10.4. The fourth-order valence-corrected chi connectivity index (χ4v) is 2.24. The first-order valence-electron chi connectivity index (χ1n) is 6.31. The second kappa shape index (κ2) is 6.95. The average Bonchev–Trinajstić information content (AvgIpc) is 2.86. The third-order valence-electron chi connectivity index (χ3n) is 2.74. The van der Waals surface area contributed by atoms with Gasteiger partial charge in [-0.1, -0.05) is 23.2 Å². The summed E-state index contributed by atoms with van der Waals surface area (Å²) in [5, 5.41) is 11.0. The van der Waals surface area contributed by atoms with Crippen LogP contribution >= 0.6 is 35.4 Å². The zero-order valence-electron chi connectivity index (χ0n) is 11.6. The molecule has 4 N–H and O–H groups in total. The number of nitrogens with one attached hydrogen (secondary N) is 2. The predicted molar refractivity (Wildman–Crippen MR) is 92.7 cm³/mol. The van der Waals surface area contributed by atoms with Crippen molar-refractivity contribution in [1.82, 2.24) is 9.78 Å². The number of halogens is 2. The molecule has 0 radical (unpaired) electrons. The molecule has 0 saturated heterocycles. The minimum Gasteiger partial charge on any atom is -0.364 e. The average molecular weight is 358 g/mol. The Hall–Kier alpha value is -1.83. The highest BCUT2D eigenvalue weighted by molar-refractivity contribution is 7.80. The van der Waals surface area contributed by atoms with E-state index in [-0.39, 0.29) is 10.8 Å². The van der Waals surface area contributed by atoms with E-state index < -0.39 is 5.91 Å². The van der Waals surface area contributed by atoms with Crippen molar-refractivity contribution in [3.05, 3.63) is 40.1 Å². The molecule has 0 saturated carbocycles. The predicted octanol–water partition coefficient (Wildman–Crippen LogP) is 3.12. The van der Waals surface area contributed by atoms with Gasteiger partial charge in [0.05, 0.1) is 15.7 Å². The molecule has 1 aromatic carbocycles. The highest BCUT2D eigenvalue weighted by Crippen LogP contribution is 2.25. The van der Waals surface area contributed by atoms with Crippen molar-refractivity contribution in [2.45, 2.75) is 13.5 Å². The van der Waals surface area contributed by atoms with Crippen LogP contribution in [0.5, 0.6) is 0 Å². The van der Waals surface area contributed by atoms with Crippen LogP contribution in [0.15, 0.2) is 24.4 Å². The molecule has 116 valence electrons. The molecule has 1 aromatic heterocycles. The lowest BCUT2D eigenvalue weighted by Crippen LogP contribution is -2.21. The minimum atomic E-state index is -0.632. The highest BCUT2D eigenvalue weighted by atomic mass is 35.5. The van der Waals surface area contributed by atoms with Gasteiger partial charge in [-0.25, -0.2) is 0 Å². The van der Waals surface area contributed by atoms with Crippen LogP contribution < -0.4 is 16.4 Å². The van der Waals surface area contributed by atoms with Gasteiger partial charge in [-0.15, -0.1) is 0 Å². The monoisotopic (exact) mass is 357 g/mol. The molecule has 9 heteroatoms. The number of hydrogen-bond acceptors (Lipinski definition) is 3. The fourth-order valence-electron chi connectivity index (χ4n) is 1.72. The minimum absolute atomic E-state index is 0.125. The summed E-state index contributed by atoms with van der Waals surface area (Å²) in [5.41, 5.74) is 6.52. The summed E-state index contributed by atoms with van der Waals surface area (Å²) in [6.45, 7) is 2.50. The summed E-state index contributed by atoms with van der Waals surface area (Å²) in [7, 11) is 0. The van der Waals surface area contributed by atoms with Crippen LogP contribution in [0.3, 0.4) is 0 Å². The van der Waals surface area contributed by atoms with Gasteiger partial charge >= 0.3 is 0 Å². The molecular weight excluding hydrogens is 345 g/mol. The number of amides is 1. The second-order valence-electron chi connectivity index (χ2n) is 4.32. The zero-order valence-corrected chi connectivity index (χ0v) is 13.9. The number of nitrogens with two attached hydrogens (primary N) is 1. The molecule has 0 aliphatic rings. The Morgan fingerprint density at radius 2 is 2.09 bits per heavy atom. The lowest BCUT2D eigenvalue weighted by Gasteiger charge is -2.10. The number of thiocarbonyl (C=S) groups is 1. The van der Waals surface area contributed by atoms with Crippen LogP contribution in [0.4, 0.5) is 11.4 Å². The van der Waals surface area contributed by atoms with Crippen LogP contribution in [-0.4, -0.2) is 20.8 Å². The van der Waals surface area contributed by atoms with E-state index in [0.29, 0.717) is 28.0 Å². The molecule has 22 heavy (non-hydrogen) atoms. The highest BCUT2D eigenvalue weighted by Gasteiger charge is 2.14. The Bertz CT molecular complexity index is 731. The molecule has 1 amide bonds. The van der Waals surface area contributed by atoms with E-state index in [2.05, 4.69) is 15.7 Å². The molecule has 2 aromatic rings. The first-order valence-corrected chi connectivity index (χ1v) is 7.47. The summed E-state index contributed by atoms with van der Waals surface area (Å²) in [6.07, 6.45) is 1.66. The van der Waals surface area contributed by atoms with Crippen molar-refractivity contribution in [2.24, 2.45) is 5.73 Å². The van der Waals surface area contributed by atoms with Gasteiger partial charge in [-0.2, -0.15) is 5.10 Å². The third kappa shape index (κ3) is 3.88. The number of anilines is 2. The summed E-state index contributed by atoms with van der Waals surface area (Å²) in [6, 6.07) is 5.02. The number of nitrogens with zero attached hydrogens (tertiary/aromatic N) is 2. The lowest BCUT2D eigenvalue weighted by atomic mass is 10.3. The van der Waals surface area contributed by atoms with Gasteiger partial charge in [0.2, 0.25) is 0 Å². The van der Waals surface area contributed by atoms with E-state index in [1.807, 2.05) is 6.92 Å². The van der Waals surface area contributed by atoms with Gasteiger partial charge in [-0.3, -0.25) is 9.48 Å². The van der Waals surface area contributed by atoms with Crippen molar-refractivity contribution in [2.75, 3.05) is 10.6 Å². The number of primary amides is 1. The van der Waals surface area contributed by atoms with Crippen molar-refractivity contribution in [3.8, 4) is 0 Å². The maximum Gasteiger partial charge on any atom is 0.271 e. The fraction of sp³-hybridized carbons (Fsp3) is 0.154. The number of hydrogen-bond donors (Lipinski definition) is 3. The topological polar surface area (TPSA) is 85.0 Å². The van der Waals surface area contributed by atoms with Gasteiger partial charge in [0.15, 0.2) is 10.8 Å². The Balaban J connectivity index is 2.13. The van der Waals surface area contributed by atoms with Crippen molar-refractivity contribution < 1.29 is 4.79 Å². The molecular formula is C13H13Cl2N5OS.